The fourth-order valence-corrected chi connectivity index (χ4v) is 3.45. The molecule has 4 N–H and O–H groups in total. The number of carbonyl (C=O) groups is 1. The Hall–Kier alpha value is -4.68. The van der Waals surface area contributed by atoms with Crippen LogP contribution in [-0.2, 0) is 6.18 Å². The lowest BCUT2D eigenvalue weighted by Gasteiger charge is -2.14. The molecule has 0 saturated heterocycles. The maximum absolute atomic E-state index is 13.5. The third-order valence-corrected chi connectivity index (χ3v) is 5.25. The number of benzene rings is 2. The molecule has 2 heterocycles. The van der Waals surface area contributed by atoms with Gasteiger partial charge in [0.05, 0.1) is 11.3 Å². The topological polar surface area (TPSA) is 109 Å². The smallest absolute Gasteiger partial charge is 0.373 e. The lowest BCUT2D eigenvalue weighted by molar-refractivity contribution is -0.139. The van der Waals surface area contributed by atoms with E-state index in [-0.39, 0.29) is 5.69 Å². The van der Waals surface area contributed by atoms with Crippen molar-refractivity contribution in [1.82, 2.24) is 19.7 Å². The van der Waals surface area contributed by atoms with Crippen molar-refractivity contribution in [3.8, 4) is 5.82 Å². The number of urea groups is 1. The number of hydrogen-bond donors (Lipinski definition) is 4. The van der Waals surface area contributed by atoms with Crippen LogP contribution < -0.4 is 21.3 Å². The highest BCUT2D eigenvalue weighted by atomic mass is 19.4. The van der Waals surface area contributed by atoms with E-state index in [4.69, 9.17) is 0 Å². The Labute approximate surface area is 208 Å². The second-order valence-electron chi connectivity index (χ2n) is 8.02. The second kappa shape index (κ2) is 10.1. The minimum atomic E-state index is -4.89. The minimum absolute atomic E-state index is 0.207. The first kappa shape index (κ1) is 25.4. The molecule has 0 aliphatic heterocycles. The zero-order valence-corrected chi connectivity index (χ0v) is 19.9. The van der Waals surface area contributed by atoms with Gasteiger partial charge in [0.2, 0.25) is 0 Å². The van der Waals surface area contributed by atoms with Crippen LogP contribution >= 0.6 is 0 Å². The highest BCUT2D eigenvalue weighted by molar-refractivity contribution is 6.00. The zero-order valence-electron chi connectivity index (χ0n) is 19.9. The molecule has 37 heavy (non-hydrogen) atoms. The first-order chi connectivity index (χ1) is 17.5. The van der Waals surface area contributed by atoms with Crippen molar-refractivity contribution in [2.45, 2.75) is 20.0 Å². The molecule has 192 valence electrons. The Morgan fingerprint density at radius 2 is 1.65 bits per heavy atom. The highest BCUT2D eigenvalue weighted by Crippen LogP contribution is 2.33. The van der Waals surface area contributed by atoms with Gasteiger partial charge < -0.3 is 21.3 Å². The van der Waals surface area contributed by atoms with Crippen molar-refractivity contribution < 1.29 is 22.4 Å². The Morgan fingerprint density at radius 1 is 0.946 bits per heavy atom. The molecule has 0 bridgehead atoms. The predicted octanol–water partition coefficient (Wildman–Crippen LogP) is 5.87. The van der Waals surface area contributed by atoms with Gasteiger partial charge in [-0.15, -0.1) is 0 Å². The van der Waals surface area contributed by atoms with Crippen LogP contribution in [-0.4, -0.2) is 32.8 Å². The number of alkyl halides is 3. The first-order valence-corrected chi connectivity index (χ1v) is 10.9. The summed E-state index contributed by atoms with van der Waals surface area (Å²) in [5, 5.41) is 15.6. The van der Waals surface area contributed by atoms with Crippen molar-refractivity contribution in [3.05, 3.63) is 77.5 Å². The summed E-state index contributed by atoms with van der Waals surface area (Å²) in [7, 11) is 1.74. The molecule has 0 atom stereocenters. The lowest BCUT2D eigenvalue weighted by Crippen LogP contribution is -2.20. The maximum atomic E-state index is 13.5. The summed E-state index contributed by atoms with van der Waals surface area (Å²) >= 11 is 0. The van der Waals surface area contributed by atoms with Gasteiger partial charge in [0, 0.05) is 36.2 Å². The zero-order chi connectivity index (χ0) is 26.7. The van der Waals surface area contributed by atoms with Gasteiger partial charge in [0.25, 0.3) is 0 Å². The number of aryl methyl sites for hydroxylation is 2. The third kappa shape index (κ3) is 5.94. The molecular weight excluding hydrogens is 492 g/mol. The van der Waals surface area contributed by atoms with Gasteiger partial charge in [0.15, 0.2) is 5.82 Å². The van der Waals surface area contributed by atoms with Gasteiger partial charge >= 0.3 is 12.2 Å². The molecule has 0 aliphatic rings. The Kier molecular flexibility index (Phi) is 6.96. The standard InChI is InChI=1S/C24H22F4N8O/c1-13-4-5-16(33-23(37)32-15-6-7-18(25)17(9-15)24(26,27)28)10-19(13)34-22-8-14(2)35-36(22)21-11-20(29-3)30-12-31-21/h4-12,34H,1-3H3,(H,29,30,31)(H2,32,33,37). The van der Waals surface area contributed by atoms with E-state index in [1.807, 2.05) is 19.9 Å². The molecule has 0 fully saturated rings. The molecule has 0 aliphatic carbocycles. The largest absolute Gasteiger partial charge is 0.419 e. The number of nitrogens with one attached hydrogen (secondary N) is 4. The summed E-state index contributed by atoms with van der Waals surface area (Å²) < 4.78 is 54.0. The van der Waals surface area contributed by atoms with Crippen LogP contribution in [0, 0.1) is 19.7 Å². The molecule has 0 unspecified atom stereocenters. The number of rotatable bonds is 6. The number of aromatic nitrogens is 4. The summed E-state index contributed by atoms with van der Waals surface area (Å²) in [6.45, 7) is 3.69. The van der Waals surface area contributed by atoms with Crippen LogP contribution in [0.15, 0.2) is 54.9 Å². The third-order valence-electron chi connectivity index (χ3n) is 5.25. The molecule has 4 aromatic rings. The minimum Gasteiger partial charge on any atom is -0.373 e. The first-order valence-electron chi connectivity index (χ1n) is 10.9. The number of amides is 2. The van der Waals surface area contributed by atoms with Gasteiger partial charge in [-0.1, -0.05) is 6.07 Å². The van der Waals surface area contributed by atoms with Crippen molar-refractivity contribution in [2.24, 2.45) is 0 Å². The molecule has 4 rings (SSSR count). The number of carbonyl (C=O) groups excluding carboxylic acids is 1. The van der Waals surface area contributed by atoms with Crippen molar-refractivity contribution >= 4 is 34.7 Å². The number of hydrogen-bond acceptors (Lipinski definition) is 6. The SMILES string of the molecule is CNc1cc(-n2nc(C)cc2Nc2cc(NC(=O)Nc3ccc(F)c(C(F)(F)F)c3)ccc2C)ncn1. The highest BCUT2D eigenvalue weighted by Gasteiger charge is 2.34. The van der Waals surface area contributed by atoms with Crippen LogP contribution in [0.25, 0.3) is 5.82 Å². The van der Waals surface area contributed by atoms with Gasteiger partial charge in [-0.2, -0.15) is 23.0 Å². The van der Waals surface area contributed by atoms with E-state index >= 15 is 0 Å². The van der Waals surface area contributed by atoms with Crippen LogP contribution in [0.1, 0.15) is 16.8 Å². The fourth-order valence-electron chi connectivity index (χ4n) is 3.45. The lowest BCUT2D eigenvalue weighted by atomic mass is 10.1. The molecule has 0 radical (unpaired) electrons. The van der Waals surface area contributed by atoms with E-state index in [0.29, 0.717) is 41.0 Å². The summed E-state index contributed by atoms with van der Waals surface area (Å²) in [5.41, 5.74) is 0.916. The number of anilines is 5. The Bertz CT molecular complexity index is 1450. The summed E-state index contributed by atoms with van der Waals surface area (Å²) in [6, 6.07) is 10.0. The van der Waals surface area contributed by atoms with Crippen molar-refractivity contribution in [2.75, 3.05) is 28.3 Å². The Morgan fingerprint density at radius 3 is 2.35 bits per heavy atom. The molecule has 9 nitrogen and oxygen atoms in total. The maximum Gasteiger partial charge on any atom is 0.419 e. The average Bonchev–Trinajstić information content (AvgIpc) is 3.21. The summed E-state index contributed by atoms with van der Waals surface area (Å²) in [4.78, 5) is 20.8. The quantitative estimate of drug-likeness (QED) is 0.240. The van der Waals surface area contributed by atoms with E-state index in [1.54, 1.807) is 36.0 Å². The molecule has 0 spiro atoms. The van der Waals surface area contributed by atoms with E-state index in [0.717, 1.165) is 17.3 Å². The molecule has 2 aromatic heterocycles. The normalized spacial score (nSPS) is 11.2. The van der Waals surface area contributed by atoms with E-state index in [2.05, 4.69) is 36.3 Å². The number of nitrogens with zero attached hydrogens (tertiary/aromatic N) is 4. The molecule has 13 heteroatoms. The molecule has 2 aromatic carbocycles. The Balaban J connectivity index is 1.53. The van der Waals surface area contributed by atoms with Crippen LogP contribution in [0.2, 0.25) is 0 Å². The van der Waals surface area contributed by atoms with E-state index in [1.165, 1.54) is 6.33 Å². The van der Waals surface area contributed by atoms with Crippen molar-refractivity contribution in [1.29, 1.82) is 0 Å². The van der Waals surface area contributed by atoms with Crippen molar-refractivity contribution in [3.63, 3.8) is 0 Å². The van der Waals surface area contributed by atoms with E-state index in [9.17, 15) is 22.4 Å². The monoisotopic (exact) mass is 514 g/mol. The number of halogens is 4. The average molecular weight is 514 g/mol. The van der Waals surface area contributed by atoms with Gasteiger partial charge in [-0.05, 0) is 49.7 Å². The van der Waals surface area contributed by atoms with Crippen LogP contribution in [0.4, 0.5) is 51.1 Å². The van der Waals surface area contributed by atoms with Gasteiger partial charge in [0.1, 0.15) is 23.8 Å². The van der Waals surface area contributed by atoms with E-state index < -0.39 is 23.6 Å². The molecule has 0 saturated carbocycles. The molecule has 2 amide bonds. The van der Waals surface area contributed by atoms with Gasteiger partial charge in [-0.25, -0.2) is 19.2 Å². The predicted molar refractivity (Wildman–Crippen MR) is 132 cm³/mol. The van der Waals surface area contributed by atoms with Gasteiger partial charge in [-0.3, -0.25) is 0 Å². The summed E-state index contributed by atoms with van der Waals surface area (Å²) in [5.74, 6) is 0.320. The fraction of sp³-hybridized carbons (Fsp3) is 0.167. The molecular formula is C24H22F4N8O. The van der Waals surface area contributed by atoms with Crippen LogP contribution in [0.3, 0.4) is 0 Å². The second-order valence-corrected chi connectivity index (χ2v) is 8.02. The van der Waals surface area contributed by atoms with Crippen LogP contribution in [0.5, 0.6) is 0 Å². The summed E-state index contributed by atoms with van der Waals surface area (Å²) in [6.07, 6.45) is -3.48.